The van der Waals surface area contributed by atoms with E-state index in [1.54, 1.807) is 7.11 Å². The Labute approximate surface area is 91.9 Å². The predicted molar refractivity (Wildman–Crippen MR) is 62.0 cm³/mol. The van der Waals surface area contributed by atoms with Gasteiger partial charge in [-0.3, -0.25) is 0 Å². The highest BCUT2D eigenvalue weighted by atomic mass is 16.5. The van der Waals surface area contributed by atoms with Crippen LogP contribution in [-0.4, -0.2) is 12.2 Å². The van der Waals surface area contributed by atoms with Gasteiger partial charge in [-0.2, -0.15) is 0 Å². The molecule has 1 N–H and O–H groups in total. The maximum Gasteiger partial charge on any atom is 0.118 e. The highest BCUT2D eigenvalue weighted by Gasteiger charge is 2.17. The summed E-state index contributed by atoms with van der Waals surface area (Å²) in [6.45, 7) is 4.22. The Morgan fingerprint density at radius 3 is 2.07 bits per heavy atom. The van der Waals surface area contributed by atoms with E-state index in [2.05, 4.69) is 13.8 Å². The summed E-state index contributed by atoms with van der Waals surface area (Å²) in [6, 6.07) is 7.64. The lowest BCUT2D eigenvalue weighted by molar-refractivity contribution is 0.103. The van der Waals surface area contributed by atoms with E-state index in [1.165, 1.54) is 0 Å². The van der Waals surface area contributed by atoms with E-state index in [0.717, 1.165) is 24.2 Å². The van der Waals surface area contributed by atoms with Crippen molar-refractivity contribution in [2.24, 2.45) is 5.92 Å². The Hall–Kier alpha value is -1.02. The summed E-state index contributed by atoms with van der Waals surface area (Å²) >= 11 is 0. The molecule has 1 atom stereocenters. The number of aliphatic hydroxyl groups is 1. The number of hydrogen-bond donors (Lipinski definition) is 1. The number of ether oxygens (including phenoxy) is 1. The fourth-order valence-corrected chi connectivity index (χ4v) is 1.81. The summed E-state index contributed by atoms with van der Waals surface area (Å²) in [6.07, 6.45) is 1.65. The minimum Gasteiger partial charge on any atom is -0.497 e. The van der Waals surface area contributed by atoms with Crippen LogP contribution in [0.15, 0.2) is 24.3 Å². The van der Waals surface area contributed by atoms with Gasteiger partial charge in [-0.15, -0.1) is 0 Å². The van der Waals surface area contributed by atoms with E-state index in [-0.39, 0.29) is 6.10 Å². The Balaban J connectivity index is 2.76. The molecule has 0 radical (unpaired) electrons. The van der Waals surface area contributed by atoms with E-state index in [4.69, 9.17) is 4.74 Å². The average molecular weight is 208 g/mol. The monoisotopic (exact) mass is 208 g/mol. The van der Waals surface area contributed by atoms with Crippen LogP contribution < -0.4 is 4.74 Å². The lowest BCUT2D eigenvalue weighted by Crippen LogP contribution is -2.10. The summed E-state index contributed by atoms with van der Waals surface area (Å²) in [5.41, 5.74) is 0.976. The summed E-state index contributed by atoms with van der Waals surface area (Å²) in [4.78, 5) is 0. The molecule has 0 spiro atoms. The molecule has 0 saturated carbocycles. The van der Waals surface area contributed by atoms with Crippen LogP contribution in [0.3, 0.4) is 0 Å². The first-order valence-corrected chi connectivity index (χ1v) is 5.54. The second-order valence-electron chi connectivity index (χ2n) is 3.79. The van der Waals surface area contributed by atoms with E-state index >= 15 is 0 Å². The molecule has 0 aliphatic carbocycles. The second-order valence-corrected chi connectivity index (χ2v) is 3.79. The molecule has 84 valence electrons. The summed E-state index contributed by atoms with van der Waals surface area (Å²) < 4.78 is 5.08. The van der Waals surface area contributed by atoms with Crippen molar-refractivity contribution in [1.82, 2.24) is 0 Å². The van der Waals surface area contributed by atoms with Gasteiger partial charge in [0.1, 0.15) is 5.75 Å². The Morgan fingerprint density at radius 2 is 1.67 bits per heavy atom. The van der Waals surface area contributed by atoms with Crippen molar-refractivity contribution in [3.63, 3.8) is 0 Å². The molecule has 2 nitrogen and oxygen atoms in total. The molecule has 0 heterocycles. The quantitative estimate of drug-likeness (QED) is 0.805. The average Bonchev–Trinajstić information content (AvgIpc) is 2.30. The number of methoxy groups -OCH3 is 1. The van der Waals surface area contributed by atoms with Crippen LogP contribution in [0.25, 0.3) is 0 Å². The topological polar surface area (TPSA) is 29.5 Å². The molecule has 0 saturated heterocycles. The van der Waals surface area contributed by atoms with Crippen molar-refractivity contribution < 1.29 is 9.84 Å². The van der Waals surface area contributed by atoms with Gasteiger partial charge in [0.05, 0.1) is 13.2 Å². The van der Waals surface area contributed by atoms with E-state index < -0.39 is 0 Å². The van der Waals surface area contributed by atoms with E-state index in [9.17, 15) is 5.11 Å². The van der Waals surface area contributed by atoms with Crippen molar-refractivity contribution in [3.8, 4) is 5.75 Å². The van der Waals surface area contributed by atoms with Gasteiger partial charge >= 0.3 is 0 Å². The van der Waals surface area contributed by atoms with Crippen LogP contribution >= 0.6 is 0 Å². The molecule has 15 heavy (non-hydrogen) atoms. The van der Waals surface area contributed by atoms with Crippen molar-refractivity contribution >= 4 is 0 Å². The Bertz CT molecular complexity index is 275. The molecule has 0 bridgehead atoms. The van der Waals surface area contributed by atoms with Crippen LogP contribution in [0.4, 0.5) is 0 Å². The smallest absolute Gasteiger partial charge is 0.118 e. The third-order valence-electron chi connectivity index (χ3n) is 2.95. The molecule has 1 unspecified atom stereocenters. The maximum absolute atomic E-state index is 10.1. The summed E-state index contributed by atoms with van der Waals surface area (Å²) in [5, 5.41) is 10.1. The number of hydrogen-bond acceptors (Lipinski definition) is 2. The maximum atomic E-state index is 10.1. The van der Waals surface area contributed by atoms with Crippen LogP contribution in [0.1, 0.15) is 38.4 Å². The standard InChI is InChI=1S/C13H20O2/c1-4-10(5-2)13(14)11-6-8-12(15-3)9-7-11/h6-10,13-14H,4-5H2,1-3H3. The van der Waals surface area contributed by atoms with Crippen LogP contribution in [0, 0.1) is 5.92 Å². The van der Waals surface area contributed by atoms with Gasteiger partial charge in [-0.25, -0.2) is 0 Å². The minimum absolute atomic E-state index is 0.346. The van der Waals surface area contributed by atoms with Gasteiger partial charge in [-0.1, -0.05) is 38.8 Å². The molecule has 1 rings (SSSR count). The Kier molecular flexibility index (Phi) is 4.63. The predicted octanol–water partition coefficient (Wildman–Crippen LogP) is 3.16. The molecule has 2 heteroatoms. The first kappa shape index (κ1) is 12.1. The van der Waals surface area contributed by atoms with Crippen molar-refractivity contribution in [3.05, 3.63) is 29.8 Å². The second kappa shape index (κ2) is 5.76. The molecule has 1 aromatic rings. The highest BCUT2D eigenvalue weighted by Crippen LogP contribution is 2.28. The highest BCUT2D eigenvalue weighted by molar-refractivity contribution is 5.28. The third kappa shape index (κ3) is 2.96. The van der Waals surface area contributed by atoms with E-state index in [0.29, 0.717) is 5.92 Å². The van der Waals surface area contributed by atoms with Gasteiger partial charge in [0, 0.05) is 0 Å². The van der Waals surface area contributed by atoms with Gasteiger partial charge in [-0.05, 0) is 23.6 Å². The SMILES string of the molecule is CCC(CC)C(O)c1ccc(OC)cc1. The van der Waals surface area contributed by atoms with Gasteiger partial charge in [0.25, 0.3) is 0 Å². The number of benzene rings is 1. The molecule has 0 aliphatic rings. The molecule has 0 aromatic heterocycles. The van der Waals surface area contributed by atoms with Crippen LogP contribution in [-0.2, 0) is 0 Å². The zero-order valence-corrected chi connectivity index (χ0v) is 9.73. The fourth-order valence-electron chi connectivity index (χ4n) is 1.81. The molecular weight excluding hydrogens is 188 g/mol. The molecule has 0 aliphatic heterocycles. The van der Waals surface area contributed by atoms with Gasteiger partial charge in [0.2, 0.25) is 0 Å². The van der Waals surface area contributed by atoms with Crippen LogP contribution in [0.2, 0.25) is 0 Å². The molecule has 0 fully saturated rings. The summed E-state index contributed by atoms with van der Waals surface area (Å²) in [5.74, 6) is 1.17. The third-order valence-corrected chi connectivity index (χ3v) is 2.95. The molecule has 1 aromatic carbocycles. The zero-order valence-electron chi connectivity index (χ0n) is 9.73. The van der Waals surface area contributed by atoms with Crippen LogP contribution in [0.5, 0.6) is 5.75 Å². The lowest BCUT2D eigenvalue weighted by atomic mass is 9.91. The van der Waals surface area contributed by atoms with Crippen molar-refractivity contribution in [2.45, 2.75) is 32.8 Å². The zero-order chi connectivity index (χ0) is 11.3. The van der Waals surface area contributed by atoms with Gasteiger partial charge in [0.15, 0.2) is 0 Å². The van der Waals surface area contributed by atoms with Crippen molar-refractivity contribution in [2.75, 3.05) is 7.11 Å². The van der Waals surface area contributed by atoms with E-state index in [1.807, 2.05) is 24.3 Å². The number of rotatable bonds is 5. The first-order chi connectivity index (χ1) is 7.22. The largest absolute Gasteiger partial charge is 0.497 e. The summed E-state index contributed by atoms with van der Waals surface area (Å²) in [7, 11) is 1.65. The lowest BCUT2D eigenvalue weighted by Gasteiger charge is -2.20. The minimum atomic E-state index is -0.356. The molecular formula is C13H20O2. The number of aliphatic hydroxyl groups excluding tert-OH is 1. The Morgan fingerprint density at radius 1 is 1.13 bits per heavy atom. The molecule has 0 amide bonds. The van der Waals surface area contributed by atoms with Gasteiger partial charge < -0.3 is 9.84 Å². The van der Waals surface area contributed by atoms with Crippen molar-refractivity contribution in [1.29, 1.82) is 0 Å². The fraction of sp³-hybridized carbons (Fsp3) is 0.538. The first-order valence-electron chi connectivity index (χ1n) is 5.54. The normalized spacial score (nSPS) is 12.9.